The predicted octanol–water partition coefficient (Wildman–Crippen LogP) is 6.32. The van der Waals surface area contributed by atoms with Gasteiger partial charge in [-0.1, -0.05) is 25.5 Å². The van der Waals surface area contributed by atoms with E-state index >= 15 is 4.39 Å². The molecule has 4 nitrogen and oxygen atoms in total. The van der Waals surface area contributed by atoms with Gasteiger partial charge in [0.05, 0.1) is 0 Å². The minimum Gasteiger partial charge on any atom is -0.398 e. The Morgan fingerprint density at radius 3 is 2.41 bits per heavy atom. The highest BCUT2D eigenvalue weighted by atomic mass is 19.1. The first-order valence-electron chi connectivity index (χ1n) is 11.4. The van der Waals surface area contributed by atoms with Gasteiger partial charge >= 0.3 is 0 Å². The summed E-state index contributed by atoms with van der Waals surface area (Å²) in [7, 11) is 0. The molecule has 1 aliphatic rings. The number of nitrogens with one attached hydrogen (secondary N) is 1. The largest absolute Gasteiger partial charge is 0.398 e. The van der Waals surface area contributed by atoms with Crippen LogP contribution in [0.5, 0.6) is 0 Å². The quantitative estimate of drug-likeness (QED) is 0.346. The Morgan fingerprint density at radius 2 is 1.74 bits per heavy atom. The predicted molar refractivity (Wildman–Crippen MR) is 131 cm³/mol. The number of fused-ring (bicyclic) bond motifs is 3. The van der Waals surface area contributed by atoms with Crippen molar-refractivity contribution in [3.63, 3.8) is 0 Å². The van der Waals surface area contributed by atoms with Crippen molar-refractivity contribution in [2.24, 2.45) is 0 Å². The molecule has 4 rings (SSSR count). The van der Waals surface area contributed by atoms with E-state index in [1.165, 1.54) is 0 Å². The van der Waals surface area contributed by atoms with Crippen LogP contribution in [0.15, 0.2) is 24.3 Å². The maximum atomic E-state index is 15.1. The van der Waals surface area contributed by atoms with E-state index in [0.717, 1.165) is 52.8 Å². The highest BCUT2D eigenvalue weighted by Gasteiger charge is 2.30. The first-order chi connectivity index (χ1) is 16.2. The molecule has 1 aliphatic heterocycles. The molecule has 3 N–H and O–H groups in total. The van der Waals surface area contributed by atoms with Crippen LogP contribution in [0, 0.1) is 43.7 Å². The third kappa shape index (κ3) is 3.62. The summed E-state index contributed by atoms with van der Waals surface area (Å²) in [4.78, 5) is 12.3. The van der Waals surface area contributed by atoms with Crippen LogP contribution in [-0.2, 0) is 24.2 Å². The van der Waals surface area contributed by atoms with Crippen molar-refractivity contribution < 1.29 is 13.6 Å². The second-order valence-electron chi connectivity index (χ2n) is 8.86. The Morgan fingerprint density at radius 1 is 1.03 bits per heavy atom. The maximum Gasteiger partial charge on any atom is 0.236 e. The van der Waals surface area contributed by atoms with Crippen LogP contribution < -0.4 is 11.1 Å². The van der Waals surface area contributed by atoms with Crippen LogP contribution in [0.3, 0.4) is 0 Å². The summed E-state index contributed by atoms with van der Waals surface area (Å²) in [6.07, 6.45) is 1.72. The number of benzene rings is 3. The molecule has 0 saturated heterocycles. The average molecular weight is 460 g/mol. The fourth-order valence-electron chi connectivity index (χ4n) is 5.14. The number of anilines is 2. The minimum atomic E-state index is -0.564. The molecule has 0 saturated carbocycles. The molecule has 0 amide bonds. The topological polar surface area (TPSA) is 78.9 Å². The summed E-state index contributed by atoms with van der Waals surface area (Å²) in [6.45, 7) is 7.85. The van der Waals surface area contributed by atoms with Crippen molar-refractivity contribution in [2.75, 3.05) is 11.1 Å². The molecule has 0 atom stereocenters. The van der Waals surface area contributed by atoms with Crippen molar-refractivity contribution >= 4 is 17.2 Å². The van der Waals surface area contributed by atoms with Gasteiger partial charge in [0.25, 0.3) is 0 Å². The fraction of sp³-hybridized carbons (Fsp3) is 0.286. The smallest absolute Gasteiger partial charge is 0.236 e. The van der Waals surface area contributed by atoms with Gasteiger partial charge in [0.1, 0.15) is 17.7 Å². The monoisotopic (exact) mass is 459 g/mol. The van der Waals surface area contributed by atoms with E-state index in [-0.39, 0.29) is 24.1 Å². The number of hydrogen-bond donors (Lipinski definition) is 2. The summed E-state index contributed by atoms with van der Waals surface area (Å²) in [5, 5.41) is 12.5. The number of ketones is 1. The SMILES string of the molecule is CCCc1ccc(-c2c(C)c3c(c(C)c2CC(=O)C#N)NCc2c(F)ccc(F)c2-3)c(C)c1N. The molecular weight excluding hydrogens is 432 g/mol. The van der Waals surface area contributed by atoms with Gasteiger partial charge in [-0.25, -0.2) is 8.78 Å². The number of hydrogen-bond acceptors (Lipinski definition) is 4. The number of nitrogens with two attached hydrogens (primary N) is 1. The molecule has 0 bridgehead atoms. The Labute approximate surface area is 198 Å². The zero-order chi connectivity index (χ0) is 24.7. The van der Waals surface area contributed by atoms with Gasteiger partial charge < -0.3 is 11.1 Å². The number of Topliss-reactive ketones (excluding diaryl/α,β-unsaturated/α-hetero) is 1. The van der Waals surface area contributed by atoms with Gasteiger partial charge in [-0.3, -0.25) is 4.79 Å². The van der Waals surface area contributed by atoms with E-state index in [2.05, 4.69) is 12.2 Å². The van der Waals surface area contributed by atoms with E-state index < -0.39 is 17.4 Å². The van der Waals surface area contributed by atoms with Crippen LogP contribution in [0.25, 0.3) is 22.3 Å². The highest BCUT2D eigenvalue weighted by molar-refractivity contribution is 6.00. The molecule has 0 aromatic heterocycles. The lowest BCUT2D eigenvalue weighted by Gasteiger charge is -2.30. The summed E-state index contributed by atoms with van der Waals surface area (Å²) in [6, 6.07) is 7.96. The standard InChI is InChI=1S/C28H27F2N3O/c1-5-6-17-7-8-19(14(2)27(17)32)24-16(4)25-26-21(22(29)9-10-23(26)30)13-33-28(25)15(3)20(24)11-18(34)12-31/h7-10,33H,5-6,11,13,32H2,1-4H3. The summed E-state index contributed by atoms with van der Waals surface area (Å²) in [5.74, 6) is -1.53. The van der Waals surface area contributed by atoms with Gasteiger partial charge in [-0.2, -0.15) is 5.26 Å². The van der Waals surface area contributed by atoms with Crippen LogP contribution in [-0.4, -0.2) is 5.78 Å². The number of carbonyl (C=O) groups is 1. The number of rotatable bonds is 5. The molecule has 0 spiro atoms. The molecular formula is C28H27F2N3O. The van der Waals surface area contributed by atoms with Crippen LogP contribution in [0.2, 0.25) is 0 Å². The molecule has 1 heterocycles. The summed E-state index contributed by atoms with van der Waals surface area (Å²) in [5.41, 5.74) is 14.5. The first kappa shape index (κ1) is 23.4. The molecule has 0 unspecified atom stereocenters. The molecule has 3 aromatic carbocycles. The Hall–Kier alpha value is -3.72. The minimum absolute atomic E-state index is 0.0813. The zero-order valence-electron chi connectivity index (χ0n) is 19.8. The Balaban J connectivity index is 2.11. The first-order valence-corrected chi connectivity index (χ1v) is 11.4. The van der Waals surface area contributed by atoms with Gasteiger partial charge in [0.15, 0.2) is 0 Å². The lowest BCUT2D eigenvalue weighted by atomic mass is 9.79. The van der Waals surface area contributed by atoms with Crippen molar-refractivity contribution in [3.8, 4) is 28.3 Å². The van der Waals surface area contributed by atoms with Gasteiger partial charge in [0, 0.05) is 41.0 Å². The lowest BCUT2D eigenvalue weighted by molar-refractivity contribution is -0.113. The molecule has 174 valence electrons. The van der Waals surface area contributed by atoms with E-state index in [0.29, 0.717) is 28.1 Å². The Kier molecular flexibility index (Phi) is 6.14. The number of nitrogen functional groups attached to an aromatic ring is 1. The number of nitriles is 1. The summed E-state index contributed by atoms with van der Waals surface area (Å²) < 4.78 is 29.7. The van der Waals surface area contributed by atoms with E-state index in [9.17, 15) is 14.4 Å². The van der Waals surface area contributed by atoms with E-state index in [1.807, 2.05) is 32.9 Å². The second-order valence-corrected chi connectivity index (χ2v) is 8.86. The van der Waals surface area contributed by atoms with Crippen molar-refractivity contribution in [2.45, 2.75) is 53.5 Å². The van der Waals surface area contributed by atoms with Gasteiger partial charge in [0.2, 0.25) is 5.78 Å². The van der Waals surface area contributed by atoms with Gasteiger partial charge in [-0.05, 0) is 78.3 Å². The van der Waals surface area contributed by atoms with Crippen LogP contribution in [0.4, 0.5) is 20.2 Å². The molecule has 34 heavy (non-hydrogen) atoms. The molecule has 6 heteroatoms. The lowest BCUT2D eigenvalue weighted by Crippen LogP contribution is -2.17. The normalized spacial score (nSPS) is 11.9. The molecule has 3 aromatic rings. The number of aryl methyl sites for hydroxylation is 1. The number of nitrogens with zero attached hydrogens (tertiary/aromatic N) is 1. The van der Waals surface area contributed by atoms with E-state index in [1.54, 1.807) is 6.07 Å². The average Bonchev–Trinajstić information content (AvgIpc) is 2.83. The van der Waals surface area contributed by atoms with Gasteiger partial charge in [-0.15, -0.1) is 0 Å². The van der Waals surface area contributed by atoms with Crippen molar-refractivity contribution in [1.82, 2.24) is 0 Å². The molecule has 0 aliphatic carbocycles. The number of halogens is 2. The Bertz CT molecular complexity index is 1390. The summed E-state index contributed by atoms with van der Waals surface area (Å²) >= 11 is 0. The van der Waals surface area contributed by atoms with Crippen LogP contribution >= 0.6 is 0 Å². The third-order valence-corrected chi connectivity index (χ3v) is 6.88. The maximum absolute atomic E-state index is 15.1. The van der Waals surface area contributed by atoms with Crippen LogP contribution in [0.1, 0.15) is 46.7 Å². The number of carbonyl (C=O) groups excluding carboxylic acids is 1. The molecule has 0 radical (unpaired) electrons. The van der Waals surface area contributed by atoms with Crippen molar-refractivity contribution in [3.05, 3.63) is 69.3 Å². The third-order valence-electron chi connectivity index (χ3n) is 6.88. The van der Waals surface area contributed by atoms with Crippen molar-refractivity contribution in [1.29, 1.82) is 5.26 Å². The van der Waals surface area contributed by atoms with E-state index in [4.69, 9.17) is 5.73 Å². The highest BCUT2D eigenvalue weighted by Crippen LogP contribution is 2.48. The fourth-order valence-corrected chi connectivity index (χ4v) is 5.14. The zero-order valence-corrected chi connectivity index (χ0v) is 19.8. The second kappa shape index (κ2) is 8.90. The molecule has 0 fully saturated rings.